The Balaban J connectivity index is 2.25. The monoisotopic (exact) mass is 285 g/mol. The highest BCUT2D eigenvalue weighted by atomic mass is 16.5. The van der Waals surface area contributed by atoms with Crippen molar-refractivity contribution in [1.29, 1.82) is 0 Å². The van der Waals surface area contributed by atoms with Crippen LogP contribution in [0.4, 0.5) is 0 Å². The van der Waals surface area contributed by atoms with Crippen molar-refractivity contribution in [3.8, 4) is 17.2 Å². The third-order valence-electron chi connectivity index (χ3n) is 3.12. The van der Waals surface area contributed by atoms with Gasteiger partial charge in [-0.25, -0.2) is 0 Å². The lowest BCUT2D eigenvalue weighted by molar-refractivity contribution is 0.339. The second-order valence-corrected chi connectivity index (χ2v) is 4.80. The second kappa shape index (κ2) is 6.79. The first-order valence-corrected chi connectivity index (χ1v) is 6.65. The summed E-state index contributed by atoms with van der Waals surface area (Å²) in [5, 5.41) is 9.91. The van der Waals surface area contributed by atoms with Gasteiger partial charge in [0.05, 0.1) is 14.2 Å². The number of rotatable bonds is 5. The first kappa shape index (κ1) is 14.9. The Hall–Kier alpha value is -2.49. The molecule has 0 aliphatic rings. The van der Waals surface area contributed by atoms with Crippen molar-refractivity contribution in [2.75, 3.05) is 14.2 Å². The number of benzene rings is 1. The van der Waals surface area contributed by atoms with E-state index in [9.17, 15) is 5.11 Å². The van der Waals surface area contributed by atoms with Crippen LogP contribution in [0.5, 0.6) is 17.2 Å². The number of phenolic OH excluding ortho intramolecular Hbond substituents is 1. The summed E-state index contributed by atoms with van der Waals surface area (Å²) in [5.74, 6) is 0.856. The predicted octanol–water partition coefficient (Wildman–Crippen LogP) is 3.45. The summed E-state index contributed by atoms with van der Waals surface area (Å²) in [6.07, 6.45) is 6.39. The summed E-state index contributed by atoms with van der Waals surface area (Å²) < 4.78 is 10.3. The molecular formula is C17H19NO3. The highest BCUT2D eigenvalue weighted by Crippen LogP contribution is 2.37. The molecule has 1 aromatic carbocycles. The van der Waals surface area contributed by atoms with E-state index < -0.39 is 0 Å². The molecule has 0 aliphatic heterocycles. The molecule has 4 heteroatoms. The average molecular weight is 285 g/mol. The topological polar surface area (TPSA) is 51.6 Å². The van der Waals surface area contributed by atoms with Crippen LogP contribution in [-0.2, 0) is 6.42 Å². The molecule has 1 N–H and O–H groups in total. The number of nitrogens with zero attached hydrogens (tertiary/aromatic N) is 1. The Kier molecular flexibility index (Phi) is 4.82. The minimum Gasteiger partial charge on any atom is -0.502 e. The third kappa shape index (κ3) is 3.75. The standard InChI is InChI=1S/C17H19NO3/c1-12(7-13-5-4-6-18-11-13)8-14-9-15(20-2)17(19)16(10-14)21-3/h4-7,9-11,19H,8H2,1-3H3/b12-7-. The van der Waals surface area contributed by atoms with Gasteiger partial charge in [0.25, 0.3) is 0 Å². The summed E-state index contributed by atoms with van der Waals surface area (Å²) in [6.45, 7) is 2.05. The molecule has 0 amide bonds. The number of allylic oxidation sites excluding steroid dienone is 1. The molecule has 110 valence electrons. The van der Waals surface area contributed by atoms with Gasteiger partial charge in [-0.2, -0.15) is 0 Å². The number of aromatic hydroxyl groups is 1. The number of ether oxygens (including phenoxy) is 2. The van der Waals surface area contributed by atoms with E-state index in [1.165, 1.54) is 19.8 Å². The molecule has 0 atom stereocenters. The van der Waals surface area contributed by atoms with Crippen molar-refractivity contribution in [2.24, 2.45) is 0 Å². The number of pyridine rings is 1. The highest BCUT2D eigenvalue weighted by Gasteiger charge is 2.11. The Labute approximate surface area is 124 Å². The Morgan fingerprint density at radius 3 is 2.43 bits per heavy atom. The molecule has 21 heavy (non-hydrogen) atoms. The summed E-state index contributed by atoms with van der Waals surface area (Å²) in [4.78, 5) is 4.09. The number of hydrogen-bond acceptors (Lipinski definition) is 4. The smallest absolute Gasteiger partial charge is 0.200 e. The molecule has 0 bridgehead atoms. The van der Waals surface area contributed by atoms with Crippen molar-refractivity contribution in [2.45, 2.75) is 13.3 Å². The molecule has 0 spiro atoms. The normalized spacial score (nSPS) is 11.3. The van der Waals surface area contributed by atoms with E-state index in [-0.39, 0.29) is 5.75 Å². The van der Waals surface area contributed by atoms with E-state index in [2.05, 4.69) is 18.0 Å². The fraction of sp³-hybridized carbons (Fsp3) is 0.235. The van der Waals surface area contributed by atoms with Crippen LogP contribution in [0, 0.1) is 0 Å². The van der Waals surface area contributed by atoms with Gasteiger partial charge in [0.15, 0.2) is 11.5 Å². The Morgan fingerprint density at radius 2 is 1.90 bits per heavy atom. The van der Waals surface area contributed by atoms with Gasteiger partial charge in [0.2, 0.25) is 5.75 Å². The summed E-state index contributed by atoms with van der Waals surface area (Å²) >= 11 is 0. The van der Waals surface area contributed by atoms with Gasteiger partial charge in [0.1, 0.15) is 0 Å². The Bertz CT molecular complexity index is 611. The van der Waals surface area contributed by atoms with E-state index in [0.29, 0.717) is 11.5 Å². The zero-order valence-electron chi connectivity index (χ0n) is 12.5. The van der Waals surface area contributed by atoms with Crippen LogP contribution in [0.3, 0.4) is 0 Å². The minimum atomic E-state index is 0.0256. The van der Waals surface area contributed by atoms with Crippen LogP contribution >= 0.6 is 0 Å². The zero-order valence-corrected chi connectivity index (χ0v) is 12.5. The van der Waals surface area contributed by atoms with Crippen LogP contribution in [0.25, 0.3) is 6.08 Å². The molecule has 0 unspecified atom stereocenters. The number of methoxy groups -OCH3 is 2. The molecular weight excluding hydrogens is 266 g/mol. The average Bonchev–Trinajstić information content (AvgIpc) is 2.49. The van der Waals surface area contributed by atoms with Crippen molar-refractivity contribution in [3.05, 3.63) is 53.4 Å². The van der Waals surface area contributed by atoms with Crippen LogP contribution < -0.4 is 9.47 Å². The molecule has 0 saturated carbocycles. The van der Waals surface area contributed by atoms with Gasteiger partial charge in [-0.3, -0.25) is 4.98 Å². The van der Waals surface area contributed by atoms with Crippen LogP contribution in [0.1, 0.15) is 18.1 Å². The molecule has 2 aromatic rings. The number of hydrogen-bond donors (Lipinski definition) is 1. The number of phenols is 1. The van der Waals surface area contributed by atoms with Gasteiger partial charge in [-0.05, 0) is 42.7 Å². The molecule has 0 aliphatic carbocycles. The van der Waals surface area contributed by atoms with Crippen molar-refractivity contribution in [3.63, 3.8) is 0 Å². The molecule has 4 nitrogen and oxygen atoms in total. The van der Waals surface area contributed by atoms with E-state index in [0.717, 1.165) is 17.5 Å². The van der Waals surface area contributed by atoms with Gasteiger partial charge in [0, 0.05) is 12.4 Å². The van der Waals surface area contributed by atoms with Gasteiger partial charge >= 0.3 is 0 Å². The molecule has 1 aromatic heterocycles. The highest BCUT2D eigenvalue weighted by molar-refractivity contribution is 5.56. The van der Waals surface area contributed by atoms with Crippen LogP contribution in [0.2, 0.25) is 0 Å². The third-order valence-corrected chi connectivity index (χ3v) is 3.12. The number of aromatic nitrogens is 1. The quantitative estimate of drug-likeness (QED) is 0.914. The van der Waals surface area contributed by atoms with Crippen molar-refractivity contribution in [1.82, 2.24) is 4.98 Å². The minimum absolute atomic E-state index is 0.0256. The first-order valence-electron chi connectivity index (χ1n) is 6.65. The second-order valence-electron chi connectivity index (χ2n) is 4.80. The largest absolute Gasteiger partial charge is 0.502 e. The SMILES string of the molecule is COc1cc(C/C(C)=C\c2cccnc2)cc(OC)c1O. The van der Waals surface area contributed by atoms with E-state index in [1.54, 1.807) is 6.20 Å². The Morgan fingerprint density at radius 1 is 1.24 bits per heavy atom. The molecule has 1 heterocycles. The molecule has 0 radical (unpaired) electrons. The maximum Gasteiger partial charge on any atom is 0.200 e. The van der Waals surface area contributed by atoms with E-state index >= 15 is 0 Å². The maximum atomic E-state index is 9.91. The van der Waals surface area contributed by atoms with E-state index in [1.807, 2.05) is 30.5 Å². The summed E-state index contributed by atoms with van der Waals surface area (Å²) in [6, 6.07) is 7.55. The lowest BCUT2D eigenvalue weighted by Gasteiger charge is -2.11. The predicted molar refractivity (Wildman–Crippen MR) is 82.8 cm³/mol. The van der Waals surface area contributed by atoms with Gasteiger partial charge in [-0.1, -0.05) is 17.7 Å². The van der Waals surface area contributed by atoms with Crippen molar-refractivity contribution >= 4 is 6.08 Å². The first-order chi connectivity index (χ1) is 10.1. The van der Waals surface area contributed by atoms with E-state index in [4.69, 9.17) is 9.47 Å². The fourth-order valence-electron chi connectivity index (χ4n) is 2.17. The van der Waals surface area contributed by atoms with Crippen LogP contribution in [-0.4, -0.2) is 24.3 Å². The summed E-state index contributed by atoms with van der Waals surface area (Å²) in [5.41, 5.74) is 3.25. The van der Waals surface area contributed by atoms with Crippen LogP contribution in [0.15, 0.2) is 42.2 Å². The zero-order chi connectivity index (χ0) is 15.2. The molecule has 2 rings (SSSR count). The van der Waals surface area contributed by atoms with Crippen molar-refractivity contribution < 1.29 is 14.6 Å². The maximum absolute atomic E-state index is 9.91. The summed E-state index contributed by atoms with van der Waals surface area (Å²) in [7, 11) is 3.05. The van der Waals surface area contributed by atoms with Gasteiger partial charge < -0.3 is 14.6 Å². The lowest BCUT2D eigenvalue weighted by atomic mass is 10.0. The molecule has 0 fully saturated rings. The van der Waals surface area contributed by atoms with Gasteiger partial charge in [-0.15, -0.1) is 0 Å². The fourth-order valence-corrected chi connectivity index (χ4v) is 2.17. The lowest BCUT2D eigenvalue weighted by Crippen LogP contribution is -1.94. The molecule has 0 saturated heterocycles.